The smallest absolute Gasteiger partial charge is 0.290 e. The van der Waals surface area contributed by atoms with Gasteiger partial charge in [-0.3, -0.25) is 9.59 Å². The molecule has 7 heteroatoms. The molecule has 0 spiro atoms. The first-order valence-electron chi connectivity index (χ1n) is 9.47. The third-order valence-corrected chi connectivity index (χ3v) is 5.55. The average molecular weight is 363 g/mol. The summed E-state index contributed by atoms with van der Waals surface area (Å²) in [5.74, 6) is 0.0147. The van der Waals surface area contributed by atoms with Gasteiger partial charge in [-0.15, -0.1) is 0 Å². The van der Waals surface area contributed by atoms with Crippen LogP contribution in [-0.4, -0.2) is 62.7 Å². The van der Waals surface area contributed by atoms with Gasteiger partial charge in [0.15, 0.2) is 5.76 Å². The third kappa shape index (κ3) is 4.27. The van der Waals surface area contributed by atoms with E-state index in [0.717, 1.165) is 38.8 Å². The summed E-state index contributed by atoms with van der Waals surface area (Å²) in [6, 6.07) is 2.91. The van der Waals surface area contributed by atoms with Crippen LogP contribution in [0, 0.1) is 5.41 Å². The molecular weight excluding hydrogens is 334 g/mol. The highest BCUT2D eigenvalue weighted by molar-refractivity contribution is 5.95. The molecule has 2 aliphatic heterocycles. The molecule has 2 fully saturated rings. The average Bonchev–Trinajstić information content (AvgIpc) is 3.21. The molecule has 0 aromatic carbocycles. The van der Waals surface area contributed by atoms with Crippen molar-refractivity contribution >= 4 is 11.8 Å². The van der Waals surface area contributed by atoms with Crippen LogP contribution in [0.15, 0.2) is 22.8 Å². The Kier molecular flexibility index (Phi) is 6.32. The van der Waals surface area contributed by atoms with Gasteiger partial charge in [0.05, 0.1) is 12.9 Å². The van der Waals surface area contributed by atoms with E-state index in [4.69, 9.17) is 9.15 Å². The Balaban J connectivity index is 1.63. The van der Waals surface area contributed by atoms with E-state index in [-0.39, 0.29) is 17.2 Å². The molecule has 1 aromatic rings. The maximum atomic E-state index is 12.9. The SMILES string of the molecule is COCC1(CNC(=O)C2CCCCN2C(=O)c2ccco2)CCNCC1. The summed E-state index contributed by atoms with van der Waals surface area (Å²) in [7, 11) is 1.70. The molecule has 2 saturated heterocycles. The first-order chi connectivity index (χ1) is 12.7. The lowest BCUT2D eigenvalue weighted by Crippen LogP contribution is -2.54. The van der Waals surface area contributed by atoms with Crippen molar-refractivity contribution < 1.29 is 18.7 Å². The van der Waals surface area contributed by atoms with Crippen LogP contribution < -0.4 is 10.6 Å². The minimum Gasteiger partial charge on any atom is -0.459 e. The highest BCUT2D eigenvalue weighted by atomic mass is 16.5. The Morgan fingerprint density at radius 2 is 2.19 bits per heavy atom. The van der Waals surface area contributed by atoms with Crippen LogP contribution >= 0.6 is 0 Å². The van der Waals surface area contributed by atoms with Gasteiger partial charge in [0, 0.05) is 25.6 Å². The quantitative estimate of drug-likeness (QED) is 0.798. The summed E-state index contributed by atoms with van der Waals surface area (Å²) in [6.45, 7) is 3.68. The zero-order chi connectivity index (χ0) is 18.4. The van der Waals surface area contributed by atoms with E-state index >= 15 is 0 Å². The standard InChI is InChI=1S/C19H29N3O4/c1-25-14-19(7-9-20-10-8-19)13-21-17(23)15-5-2-3-11-22(15)18(24)16-6-4-12-26-16/h4,6,12,15,20H,2-3,5,7-11,13-14H2,1H3,(H,21,23). The van der Waals surface area contributed by atoms with Gasteiger partial charge in [-0.2, -0.15) is 0 Å². The Morgan fingerprint density at radius 3 is 2.88 bits per heavy atom. The fourth-order valence-corrected chi connectivity index (χ4v) is 4.02. The molecule has 1 atom stereocenters. The molecule has 26 heavy (non-hydrogen) atoms. The fraction of sp³-hybridized carbons (Fsp3) is 0.684. The molecule has 0 bridgehead atoms. The second kappa shape index (κ2) is 8.68. The first kappa shape index (κ1) is 18.9. The lowest BCUT2D eigenvalue weighted by molar-refractivity contribution is -0.127. The van der Waals surface area contributed by atoms with Gasteiger partial charge < -0.3 is 24.7 Å². The molecule has 2 N–H and O–H groups in total. The minimum absolute atomic E-state index is 0.0276. The van der Waals surface area contributed by atoms with E-state index in [1.54, 1.807) is 24.1 Å². The van der Waals surface area contributed by atoms with Crippen molar-refractivity contribution in [2.45, 2.75) is 38.1 Å². The van der Waals surface area contributed by atoms with Gasteiger partial charge >= 0.3 is 0 Å². The summed E-state index contributed by atoms with van der Waals surface area (Å²) in [5.41, 5.74) is -0.0276. The topological polar surface area (TPSA) is 83.8 Å². The van der Waals surface area contributed by atoms with Crippen LogP contribution in [0.3, 0.4) is 0 Å². The molecule has 1 unspecified atom stereocenters. The minimum atomic E-state index is -0.428. The van der Waals surface area contributed by atoms with E-state index < -0.39 is 6.04 Å². The Morgan fingerprint density at radius 1 is 1.38 bits per heavy atom. The number of nitrogens with one attached hydrogen (secondary N) is 2. The molecule has 3 heterocycles. The summed E-state index contributed by atoms with van der Waals surface area (Å²) in [5, 5.41) is 6.46. The van der Waals surface area contributed by atoms with Gasteiger partial charge in [0.1, 0.15) is 6.04 Å². The van der Waals surface area contributed by atoms with Crippen molar-refractivity contribution in [2.75, 3.05) is 39.9 Å². The Hall–Kier alpha value is -1.86. The van der Waals surface area contributed by atoms with E-state index in [1.807, 2.05) is 0 Å². The number of piperidine rings is 2. The number of furan rings is 1. The van der Waals surface area contributed by atoms with E-state index in [0.29, 0.717) is 31.9 Å². The van der Waals surface area contributed by atoms with Crippen molar-refractivity contribution in [3.63, 3.8) is 0 Å². The van der Waals surface area contributed by atoms with Crippen LogP contribution in [0.2, 0.25) is 0 Å². The number of carbonyl (C=O) groups excluding carboxylic acids is 2. The number of carbonyl (C=O) groups is 2. The summed E-state index contributed by atoms with van der Waals surface area (Å²) in [6.07, 6.45) is 5.99. The normalized spacial score (nSPS) is 22.8. The summed E-state index contributed by atoms with van der Waals surface area (Å²) >= 11 is 0. The Bertz CT molecular complexity index is 590. The van der Waals surface area contributed by atoms with E-state index in [9.17, 15) is 9.59 Å². The van der Waals surface area contributed by atoms with Crippen LogP contribution in [0.4, 0.5) is 0 Å². The van der Waals surface area contributed by atoms with Crippen molar-refractivity contribution in [3.8, 4) is 0 Å². The van der Waals surface area contributed by atoms with Crippen molar-refractivity contribution in [2.24, 2.45) is 5.41 Å². The molecular formula is C19H29N3O4. The molecule has 2 aliphatic rings. The molecule has 7 nitrogen and oxygen atoms in total. The highest BCUT2D eigenvalue weighted by Crippen LogP contribution is 2.28. The van der Waals surface area contributed by atoms with Crippen molar-refractivity contribution in [1.82, 2.24) is 15.5 Å². The molecule has 3 rings (SSSR count). The molecule has 2 amide bonds. The summed E-state index contributed by atoms with van der Waals surface area (Å²) < 4.78 is 10.6. The van der Waals surface area contributed by atoms with Gasteiger partial charge in [0.25, 0.3) is 5.91 Å². The van der Waals surface area contributed by atoms with Gasteiger partial charge in [-0.25, -0.2) is 0 Å². The number of methoxy groups -OCH3 is 1. The number of rotatable bonds is 6. The lowest BCUT2D eigenvalue weighted by Gasteiger charge is -2.39. The number of hydrogen-bond donors (Lipinski definition) is 2. The maximum absolute atomic E-state index is 12.9. The number of likely N-dealkylation sites (tertiary alicyclic amines) is 1. The van der Waals surface area contributed by atoms with Crippen LogP contribution in [0.1, 0.15) is 42.7 Å². The number of hydrogen-bond acceptors (Lipinski definition) is 5. The zero-order valence-electron chi connectivity index (χ0n) is 15.5. The van der Waals surface area contributed by atoms with Crippen molar-refractivity contribution in [3.05, 3.63) is 24.2 Å². The zero-order valence-corrected chi connectivity index (χ0v) is 15.5. The monoisotopic (exact) mass is 363 g/mol. The first-order valence-corrected chi connectivity index (χ1v) is 9.47. The highest BCUT2D eigenvalue weighted by Gasteiger charge is 2.36. The molecule has 0 aliphatic carbocycles. The third-order valence-electron chi connectivity index (χ3n) is 5.55. The number of ether oxygens (including phenoxy) is 1. The van der Waals surface area contributed by atoms with Crippen LogP contribution in [-0.2, 0) is 9.53 Å². The van der Waals surface area contributed by atoms with Crippen molar-refractivity contribution in [1.29, 1.82) is 0 Å². The largest absolute Gasteiger partial charge is 0.459 e. The number of nitrogens with zero attached hydrogens (tertiary/aromatic N) is 1. The Labute approximate surface area is 154 Å². The van der Waals surface area contributed by atoms with Gasteiger partial charge in [-0.1, -0.05) is 0 Å². The molecule has 0 radical (unpaired) electrons. The molecule has 1 aromatic heterocycles. The van der Waals surface area contributed by atoms with Gasteiger partial charge in [-0.05, 0) is 57.3 Å². The second-order valence-corrected chi connectivity index (χ2v) is 7.39. The van der Waals surface area contributed by atoms with Crippen LogP contribution in [0.25, 0.3) is 0 Å². The lowest BCUT2D eigenvalue weighted by atomic mass is 9.79. The molecule has 0 saturated carbocycles. The fourth-order valence-electron chi connectivity index (χ4n) is 4.02. The summed E-state index contributed by atoms with van der Waals surface area (Å²) in [4.78, 5) is 27.2. The maximum Gasteiger partial charge on any atom is 0.290 e. The van der Waals surface area contributed by atoms with Crippen LogP contribution in [0.5, 0.6) is 0 Å². The van der Waals surface area contributed by atoms with Gasteiger partial charge in [0.2, 0.25) is 5.91 Å². The van der Waals surface area contributed by atoms with E-state index in [1.165, 1.54) is 6.26 Å². The predicted molar refractivity (Wildman–Crippen MR) is 96.8 cm³/mol. The number of amides is 2. The second-order valence-electron chi connectivity index (χ2n) is 7.39. The van der Waals surface area contributed by atoms with E-state index in [2.05, 4.69) is 10.6 Å². The predicted octanol–water partition coefficient (Wildman–Crippen LogP) is 1.41. The molecule has 144 valence electrons.